The molecule has 1 aromatic heterocycles. The third-order valence-corrected chi connectivity index (χ3v) is 2.74. The first-order chi connectivity index (χ1) is 9.18. The minimum atomic E-state index is -0.442. The van der Waals surface area contributed by atoms with Crippen LogP contribution < -0.4 is 4.90 Å². The highest BCUT2D eigenvalue weighted by Crippen LogP contribution is 2.29. The monoisotopic (exact) mass is 255 g/mol. The number of fused-ring (bicyclic) bond motifs is 1. The van der Waals surface area contributed by atoms with Gasteiger partial charge in [0.05, 0.1) is 5.69 Å². The summed E-state index contributed by atoms with van der Waals surface area (Å²) in [4.78, 5) is 24.9. The van der Waals surface area contributed by atoms with Gasteiger partial charge in [-0.05, 0) is 6.07 Å². The number of hydrogen-bond acceptors (Lipinski definition) is 5. The molecule has 0 aliphatic carbocycles. The van der Waals surface area contributed by atoms with Gasteiger partial charge in [-0.2, -0.15) is 5.10 Å². The molecule has 7 nitrogen and oxygen atoms in total. The van der Waals surface area contributed by atoms with Crippen molar-refractivity contribution < 1.29 is 9.59 Å². The fourth-order valence-corrected chi connectivity index (χ4v) is 1.97. The molecule has 0 N–H and O–H groups in total. The van der Waals surface area contributed by atoms with Gasteiger partial charge in [0.1, 0.15) is 12.7 Å². The molecule has 1 aliphatic rings. The van der Waals surface area contributed by atoms with Gasteiger partial charge >= 0.3 is 0 Å². The van der Waals surface area contributed by atoms with E-state index in [9.17, 15) is 9.59 Å². The lowest BCUT2D eigenvalue weighted by molar-refractivity contribution is -0.121. The third kappa shape index (κ3) is 1.71. The van der Waals surface area contributed by atoms with Gasteiger partial charge in [-0.15, -0.1) is 10.2 Å². The van der Waals surface area contributed by atoms with Gasteiger partial charge in [-0.1, -0.05) is 18.2 Å². The number of nitrogens with zero attached hydrogens (tertiary/aromatic N) is 5. The molecule has 19 heavy (non-hydrogen) atoms. The van der Waals surface area contributed by atoms with E-state index >= 15 is 0 Å². The first-order valence-electron chi connectivity index (χ1n) is 5.56. The maximum atomic E-state index is 12.3. The lowest BCUT2D eigenvalue weighted by atomic mass is 10.1. The molecule has 0 spiro atoms. The molecule has 2 amide bonds. The standard InChI is InChI=1S/C12H9N5O2/c1-8(18)17-10-5-3-2-4-9(10)11(12(17)19)15-16-6-13-14-7-16/h2-7H,1H3/b15-11-. The van der Waals surface area contributed by atoms with Crippen molar-refractivity contribution in [2.75, 3.05) is 4.90 Å². The van der Waals surface area contributed by atoms with E-state index in [0.29, 0.717) is 11.3 Å². The van der Waals surface area contributed by atoms with Crippen molar-refractivity contribution in [1.82, 2.24) is 14.9 Å². The predicted molar refractivity (Wildman–Crippen MR) is 66.6 cm³/mol. The van der Waals surface area contributed by atoms with Crippen LogP contribution in [0.15, 0.2) is 42.0 Å². The highest BCUT2D eigenvalue weighted by Gasteiger charge is 2.36. The average molecular weight is 255 g/mol. The summed E-state index contributed by atoms with van der Waals surface area (Å²) in [6, 6.07) is 7.02. The number of carbonyl (C=O) groups is 2. The molecule has 0 radical (unpaired) electrons. The molecule has 0 fully saturated rings. The van der Waals surface area contributed by atoms with Crippen molar-refractivity contribution in [3.8, 4) is 0 Å². The predicted octanol–water partition coefficient (Wildman–Crippen LogP) is 0.424. The van der Waals surface area contributed by atoms with Crippen LogP contribution in [0.3, 0.4) is 0 Å². The van der Waals surface area contributed by atoms with Gasteiger partial charge in [0.2, 0.25) is 5.91 Å². The Labute approximate surface area is 108 Å². The minimum absolute atomic E-state index is 0.200. The van der Waals surface area contributed by atoms with E-state index in [4.69, 9.17) is 0 Å². The summed E-state index contributed by atoms with van der Waals surface area (Å²) in [5.41, 5.74) is 1.37. The van der Waals surface area contributed by atoms with Crippen LogP contribution in [0.5, 0.6) is 0 Å². The van der Waals surface area contributed by atoms with E-state index in [1.807, 2.05) is 0 Å². The second-order valence-corrected chi connectivity index (χ2v) is 3.97. The number of aromatic nitrogens is 3. The lowest BCUT2D eigenvalue weighted by Crippen LogP contribution is -2.34. The molecule has 7 heteroatoms. The molecule has 2 heterocycles. The summed E-state index contributed by atoms with van der Waals surface area (Å²) in [7, 11) is 0. The first-order valence-corrected chi connectivity index (χ1v) is 5.56. The van der Waals surface area contributed by atoms with E-state index in [2.05, 4.69) is 15.3 Å². The Hall–Kier alpha value is -2.83. The van der Waals surface area contributed by atoms with Gasteiger partial charge in [-0.25, -0.2) is 9.58 Å². The summed E-state index contributed by atoms with van der Waals surface area (Å²) in [5.74, 6) is -0.784. The first kappa shape index (κ1) is 11.3. The molecule has 1 aromatic carbocycles. The smallest absolute Gasteiger partial charge is 0.274 e. The molecule has 0 bridgehead atoms. The molecular weight excluding hydrogens is 246 g/mol. The number of amides is 2. The van der Waals surface area contributed by atoms with E-state index < -0.39 is 5.91 Å². The van der Waals surface area contributed by atoms with Crippen molar-refractivity contribution in [2.45, 2.75) is 6.92 Å². The zero-order valence-electron chi connectivity index (χ0n) is 10.0. The lowest BCUT2D eigenvalue weighted by Gasteiger charge is -2.10. The van der Waals surface area contributed by atoms with E-state index in [1.54, 1.807) is 24.3 Å². The summed E-state index contributed by atoms with van der Waals surface area (Å²) in [6.07, 6.45) is 2.75. The summed E-state index contributed by atoms with van der Waals surface area (Å²) < 4.78 is 1.33. The van der Waals surface area contributed by atoms with Crippen LogP contribution in [0.4, 0.5) is 5.69 Å². The Morgan fingerprint density at radius 1 is 1.21 bits per heavy atom. The second-order valence-electron chi connectivity index (χ2n) is 3.97. The minimum Gasteiger partial charge on any atom is -0.274 e. The number of imide groups is 1. The summed E-state index contributed by atoms with van der Waals surface area (Å²) in [5, 5.41) is 11.4. The quantitative estimate of drug-likeness (QED) is 0.739. The van der Waals surface area contributed by atoms with E-state index in [-0.39, 0.29) is 11.6 Å². The molecule has 1 aliphatic heterocycles. The largest absolute Gasteiger partial charge is 0.286 e. The van der Waals surface area contributed by atoms with Crippen molar-refractivity contribution in [1.29, 1.82) is 0 Å². The average Bonchev–Trinajstić information content (AvgIpc) is 2.97. The topological polar surface area (TPSA) is 80.5 Å². The van der Waals surface area contributed by atoms with Gasteiger partial charge in [0.15, 0.2) is 5.71 Å². The number of rotatable bonds is 1. The zero-order valence-corrected chi connectivity index (χ0v) is 10.0. The van der Waals surface area contributed by atoms with E-state index in [1.165, 1.54) is 24.3 Å². The summed E-state index contributed by atoms with van der Waals surface area (Å²) in [6.45, 7) is 1.34. The van der Waals surface area contributed by atoms with Crippen molar-refractivity contribution >= 4 is 23.2 Å². The van der Waals surface area contributed by atoms with Crippen LogP contribution in [-0.2, 0) is 9.59 Å². The Morgan fingerprint density at radius 3 is 2.58 bits per heavy atom. The Kier molecular flexibility index (Phi) is 2.45. The van der Waals surface area contributed by atoms with Crippen molar-refractivity contribution in [3.63, 3.8) is 0 Å². The Morgan fingerprint density at radius 2 is 1.89 bits per heavy atom. The SMILES string of the molecule is CC(=O)N1C(=O)/C(=N\n2cnnc2)c2ccccc21. The molecule has 0 saturated heterocycles. The normalized spacial score (nSPS) is 15.9. The molecule has 94 valence electrons. The molecular formula is C12H9N5O2. The van der Waals surface area contributed by atoms with Gasteiger partial charge in [-0.3, -0.25) is 9.59 Å². The molecule has 0 saturated carbocycles. The van der Waals surface area contributed by atoms with Gasteiger partial charge < -0.3 is 0 Å². The van der Waals surface area contributed by atoms with Gasteiger partial charge in [0, 0.05) is 12.5 Å². The molecule has 0 atom stereocenters. The van der Waals surface area contributed by atoms with Crippen molar-refractivity contribution in [2.24, 2.45) is 5.10 Å². The van der Waals surface area contributed by atoms with Crippen LogP contribution in [0.25, 0.3) is 0 Å². The van der Waals surface area contributed by atoms with Crippen LogP contribution in [0.2, 0.25) is 0 Å². The molecule has 2 aromatic rings. The number of para-hydroxylation sites is 1. The highest BCUT2D eigenvalue weighted by molar-refractivity contribution is 6.58. The number of hydrogen-bond donors (Lipinski definition) is 0. The van der Waals surface area contributed by atoms with Crippen LogP contribution in [0.1, 0.15) is 12.5 Å². The maximum absolute atomic E-state index is 12.3. The fourth-order valence-electron chi connectivity index (χ4n) is 1.97. The molecule has 0 unspecified atom stereocenters. The van der Waals surface area contributed by atoms with Crippen LogP contribution in [0, 0.1) is 0 Å². The number of benzene rings is 1. The highest BCUT2D eigenvalue weighted by atomic mass is 16.2. The van der Waals surface area contributed by atoms with Crippen molar-refractivity contribution in [3.05, 3.63) is 42.5 Å². The summed E-state index contributed by atoms with van der Waals surface area (Å²) >= 11 is 0. The number of anilines is 1. The van der Waals surface area contributed by atoms with Crippen LogP contribution in [-0.4, -0.2) is 32.4 Å². The fraction of sp³-hybridized carbons (Fsp3) is 0.0833. The Bertz CT molecular complexity index is 690. The van der Waals surface area contributed by atoms with Gasteiger partial charge in [0.25, 0.3) is 5.91 Å². The van der Waals surface area contributed by atoms with E-state index in [0.717, 1.165) is 4.90 Å². The number of carbonyl (C=O) groups excluding carboxylic acids is 2. The maximum Gasteiger partial charge on any atom is 0.286 e. The molecule has 3 rings (SSSR count). The third-order valence-electron chi connectivity index (χ3n) is 2.74. The Balaban J connectivity index is 2.17. The zero-order chi connectivity index (χ0) is 13.4. The van der Waals surface area contributed by atoms with Crippen LogP contribution >= 0.6 is 0 Å². The second kappa shape index (κ2) is 4.13.